The van der Waals surface area contributed by atoms with Gasteiger partial charge in [0.2, 0.25) is 0 Å². The fourth-order valence-electron chi connectivity index (χ4n) is 1.27. The molecule has 0 aliphatic carbocycles. The van der Waals surface area contributed by atoms with E-state index in [0.717, 1.165) is 26.3 Å². The minimum atomic E-state index is -0.0796. The molecule has 0 bridgehead atoms. The maximum atomic E-state index is 11.3. The Morgan fingerprint density at radius 3 is 2.79 bits per heavy atom. The molecule has 0 aromatic heterocycles. The molecule has 0 spiro atoms. The van der Waals surface area contributed by atoms with E-state index < -0.39 is 0 Å². The summed E-state index contributed by atoms with van der Waals surface area (Å²) in [6.45, 7) is 7.65. The lowest BCUT2D eigenvalue weighted by molar-refractivity contribution is -0.116. The van der Waals surface area contributed by atoms with Gasteiger partial charge in [-0.05, 0) is 0 Å². The predicted molar refractivity (Wildman–Crippen MR) is 58.1 cm³/mol. The maximum Gasteiger partial charge on any atom is 0.257 e. The summed E-state index contributed by atoms with van der Waals surface area (Å²) in [4.78, 5) is 13.5. The number of nitrogens with one attached hydrogen (secondary N) is 1. The molecular weight excluding hydrogens is 200 g/mol. The SMILES string of the molecule is C=C(CN1CCOCC1)C(=O)NSC. The van der Waals surface area contributed by atoms with Gasteiger partial charge in [0.15, 0.2) is 0 Å². The van der Waals surface area contributed by atoms with E-state index >= 15 is 0 Å². The second kappa shape index (κ2) is 6.06. The zero-order valence-electron chi connectivity index (χ0n) is 8.41. The topological polar surface area (TPSA) is 41.6 Å². The van der Waals surface area contributed by atoms with E-state index in [1.165, 1.54) is 11.9 Å². The zero-order valence-corrected chi connectivity index (χ0v) is 9.23. The number of carbonyl (C=O) groups excluding carboxylic acids is 1. The minimum absolute atomic E-state index is 0.0796. The number of carbonyl (C=O) groups is 1. The van der Waals surface area contributed by atoms with Crippen LogP contribution in [0.1, 0.15) is 0 Å². The Kier molecular flexibility index (Phi) is 5.00. The largest absolute Gasteiger partial charge is 0.379 e. The van der Waals surface area contributed by atoms with Gasteiger partial charge in [-0.15, -0.1) is 0 Å². The van der Waals surface area contributed by atoms with Crippen LogP contribution in [-0.4, -0.2) is 49.9 Å². The van der Waals surface area contributed by atoms with Crippen molar-refractivity contribution in [3.05, 3.63) is 12.2 Å². The van der Waals surface area contributed by atoms with Crippen molar-refractivity contribution in [3.63, 3.8) is 0 Å². The molecule has 1 aliphatic rings. The molecule has 80 valence electrons. The van der Waals surface area contributed by atoms with Crippen LogP contribution in [0.5, 0.6) is 0 Å². The van der Waals surface area contributed by atoms with Crippen LogP contribution in [0, 0.1) is 0 Å². The van der Waals surface area contributed by atoms with Gasteiger partial charge in [-0.25, -0.2) is 0 Å². The summed E-state index contributed by atoms with van der Waals surface area (Å²) in [5.74, 6) is -0.0796. The molecule has 0 unspecified atom stereocenters. The summed E-state index contributed by atoms with van der Waals surface area (Å²) in [6.07, 6.45) is 1.82. The Bertz CT molecular complexity index is 215. The molecule has 1 heterocycles. The van der Waals surface area contributed by atoms with Crippen molar-refractivity contribution in [2.75, 3.05) is 39.1 Å². The molecule has 1 aliphatic heterocycles. The minimum Gasteiger partial charge on any atom is -0.379 e. The second-order valence-corrected chi connectivity index (χ2v) is 3.74. The fourth-order valence-corrected chi connectivity index (χ4v) is 1.60. The van der Waals surface area contributed by atoms with Crippen LogP contribution in [0.2, 0.25) is 0 Å². The van der Waals surface area contributed by atoms with Crippen molar-refractivity contribution >= 4 is 17.9 Å². The highest BCUT2D eigenvalue weighted by atomic mass is 32.2. The highest BCUT2D eigenvalue weighted by Gasteiger charge is 2.14. The van der Waals surface area contributed by atoms with Crippen molar-refractivity contribution in [1.29, 1.82) is 0 Å². The summed E-state index contributed by atoms with van der Waals surface area (Å²) in [5.41, 5.74) is 0.612. The van der Waals surface area contributed by atoms with Crippen LogP contribution in [-0.2, 0) is 9.53 Å². The second-order valence-electron chi connectivity index (χ2n) is 3.13. The molecule has 1 amide bonds. The molecule has 14 heavy (non-hydrogen) atoms. The molecule has 0 saturated carbocycles. The van der Waals surface area contributed by atoms with Crippen LogP contribution in [0.3, 0.4) is 0 Å². The van der Waals surface area contributed by atoms with E-state index in [1.807, 2.05) is 6.26 Å². The summed E-state index contributed by atoms with van der Waals surface area (Å²) >= 11 is 1.30. The number of rotatable bonds is 4. The van der Waals surface area contributed by atoms with E-state index in [4.69, 9.17) is 4.74 Å². The Morgan fingerprint density at radius 1 is 1.57 bits per heavy atom. The maximum absolute atomic E-state index is 11.3. The number of hydrogen-bond donors (Lipinski definition) is 1. The molecule has 0 atom stereocenters. The average molecular weight is 216 g/mol. The number of morpholine rings is 1. The summed E-state index contributed by atoms with van der Waals surface area (Å²) in [5, 5.41) is 0. The quantitative estimate of drug-likeness (QED) is 0.541. The Morgan fingerprint density at radius 2 is 2.21 bits per heavy atom. The zero-order chi connectivity index (χ0) is 10.4. The van der Waals surface area contributed by atoms with Gasteiger partial charge >= 0.3 is 0 Å². The van der Waals surface area contributed by atoms with Crippen molar-refractivity contribution in [2.45, 2.75) is 0 Å². The molecule has 1 saturated heterocycles. The normalized spacial score (nSPS) is 17.8. The third-order valence-corrected chi connectivity index (χ3v) is 2.42. The lowest BCUT2D eigenvalue weighted by Gasteiger charge is -2.26. The van der Waals surface area contributed by atoms with E-state index in [-0.39, 0.29) is 5.91 Å². The molecular formula is C9H16N2O2S. The molecule has 0 aromatic carbocycles. The smallest absolute Gasteiger partial charge is 0.257 e. The van der Waals surface area contributed by atoms with Crippen LogP contribution < -0.4 is 4.72 Å². The van der Waals surface area contributed by atoms with Gasteiger partial charge in [-0.1, -0.05) is 18.5 Å². The first-order chi connectivity index (χ1) is 6.74. The first-order valence-electron chi connectivity index (χ1n) is 4.55. The molecule has 0 aromatic rings. The Labute approximate surface area is 88.8 Å². The van der Waals surface area contributed by atoms with Crippen LogP contribution in [0.4, 0.5) is 0 Å². The third kappa shape index (κ3) is 3.69. The van der Waals surface area contributed by atoms with Gasteiger partial charge in [0, 0.05) is 31.5 Å². The van der Waals surface area contributed by atoms with E-state index in [9.17, 15) is 4.79 Å². The molecule has 1 rings (SSSR count). The number of amides is 1. The third-order valence-electron chi connectivity index (χ3n) is 2.03. The average Bonchev–Trinajstić information content (AvgIpc) is 2.19. The van der Waals surface area contributed by atoms with Crippen molar-refractivity contribution < 1.29 is 9.53 Å². The fraction of sp³-hybridized carbons (Fsp3) is 0.667. The van der Waals surface area contributed by atoms with E-state index in [2.05, 4.69) is 16.2 Å². The van der Waals surface area contributed by atoms with Crippen molar-refractivity contribution in [1.82, 2.24) is 9.62 Å². The first kappa shape index (κ1) is 11.6. The van der Waals surface area contributed by atoms with E-state index in [0.29, 0.717) is 12.1 Å². The van der Waals surface area contributed by atoms with Crippen LogP contribution in [0.25, 0.3) is 0 Å². The highest BCUT2D eigenvalue weighted by molar-refractivity contribution is 7.97. The molecule has 4 nitrogen and oxygen atoms in total. The lowest BCUT2D eigenvalue weighted by Crippen LogP contribution is -2.39. The standard InChI is InChI=1S/C9H16N2O2S/c1-8(9(12)10-14-2)7-11-3-5-13-6-4-11/h1,3-7H2,2H3,(H,10,12). The van der Waals surface area contributed by atoms with Crippen LogP contribution >= 0.6 is 11.9 Å². The number of ether oxygens (including phenoxy) is 1. The van der Waals surface area contributed by atoms with Gasteiger partial charge in [-0.3, -0.25) is 14.4 Å². The Hall–Kier alpha value is -0.520. The van der Waals surface area contributed by atoms with Gasteiger partial charge in [0.25, 0.3) is 5.91 Å². The molecule has 1 N–H and O–H groups in total. The summed E-state index contributed by atoms with van der Waals surface area (Å²) < 4.78 is 7.87. The summed E-state index contributed by atoms with van der Waals surface area (Å²) in [6, 6.07) is 0. The summed E-state index contributed by atoms with van der Waals surface area (Å²) in [7, 11) is 0. The van der Waals surface area contributed by atoms with Gasteiger partial charge in [0.1, 0.15) is 0 Å². The molecule has 1 fully saturated rings. The van der Waals surface area contributed by atoms with Crippen LogP contribution in [0.15, 0.2) is 12.2 Å². The van der Waals surface area contributed by atoms with E-state index in [1.54, 1.807) is 0 Å². The lowest BCUT2D eigenvalue weighted by atomic mass is 10.2. The molecule has 0 radical (unpaired) electrons. The van der Waals surface area contributed by atoms with Gasteiger partial charge in [-0.2, -0.15) is 0 Å². The van der Waals surface area contributed by atoms with Gasteiger partial charge < -0.3 is 4.74 Å². The molecule has 5 heteroatoms. The number of hydrogen-bond acceptors (Lipinski definition) is 4. The Balaban J connectivity index is 2.28. The van der Waals surface area contributed by atoms with Gasteiger partial charge in [0.05, 0.1) is 13.2 Å². The highest BCUT2D eigenvalue weighted by Crippen LogP contribution is 2.02. The van der Waals surface area contributed by atoms with Crippen molar-refractivity contribution in [2.24, 2.45) is 0 Å². The monoisotopic (exact) mass is 216 g/mol. The predicted octanol–water partition coefficient (Wildman–Crippen LogP) is 0.269. The number of nitrogens with zero attached hydrogens (tertiary/aromatic N) is 1. The van der Waals surface area contributed by atoms with Crippen molar-refractivity contribution in [3.8, 4) is 0 Å². The first-order valence-corrected chi connectivity index (χ1v) is 5.77.